The van der Waals surface area contributed by atoms with E-state index in [0.29, 0.717) is 23.1 Å². The predicted molar refractivity (Wildman–Crippen MR) is 85.3 cm³/mol. The number of nitrogens with zero attached hydrogens (tertiary/aromatic N) is 1. The van der Waals surface area contributed by atoms with Gasteiger partial charge in [-0.15, -0.1) is 12.4 Å². The molecule has 0 unspecified atom stereocenters. The van der Waals surface area contributed by atoms with Gasteiger partial charge in [0, 0.05) is 12.1 Å². The van der Waals surface area contributed by atoms with E-state index >= 15 is 0 Å². The van der Waals surface area contributed by atoms with Gasteiger partial charge >= 0.3 is 0 Å². The predicted octanol–water partition coefficient (Wildman–Crippen LogP) is 3.21. The molecule has 2 heterocycles. The molecule has 0 spiro atoms. The van der Waals surface area contributed by atoms with E-state index in [1.807, 2.05) is 0 Å². The number of halogens is 1. The number of phenolic OH excluding ortho intramolecular Hbond substituents is 1. The molecule has 1 aliphatic rings. The Kier molecular flexibility index (Phi) is 4.91. The van der Waals surface area contributed by atoms with E-state index in [4.69, 9.17) is 4.42 Å². The van der Waals surface area contributed by atoms with Crippen LogP contribution >= 0.6 is 12.4 Å². The van der Waals surface area contributed by atoms with Crippen LogP contribution in [0.1, 0.15) is 30.4 Å². The Hall–Kier alpha value is -1.52. The number of piperidine rings is 1. The molecule has 1 aliphatic heterocycles. The van der Waals surface area contributed by atoms with Crippen molar-refractivity contribution in [3.8, 4) is 5.75 Å². The Morgan fingerprint density at radius 2 is 1.95 bits per heavy atom. The smallest absolute Gasteiger partial charge is 0.195 e. The van der Waals surface area contributed by atoms with Crippen molar-refractivity contribution in [2.24, 2.45) is 0 Å². The van der Waals surface area contributed by atoms with Gasteiger partial charge in [0.25, 0.3) is 0 Å². The van der Waals surface area contributed by atoms with E-state index < -0.39 is 0 Å². The number of benzene rings is 1. The lowest BCUT2D eigenvalue weighted by Gasteiger charge is -2.26. The fraction of sp³-hybridized carbons (Fsp3) is 0.438. The van der Waals surface area contributed by atoms with Crippen molar-refractivity contribution in [3.05, 3.63) is 39.7 Å². The molecular formula is C16H20ClNO3. The van der Waals surface area contributed by atoms with Crippen molar-refractivity contribution in [1.29, 1.82) is 0 Å². The van der Waals surface area contributed by atoms with Gasteiger partial charge in [0.2, 0.25) is 0 Å². The summed E-state index contributed by atoms with van der Waals surface area (Å²) in [5, 5.41) is 10.7. The van der Waals surface area contributed by atoms with Crippen LogP contribution in [0.25, 0.3) is 11.0 Å². The van der Waals surface area contributed by atoms with E-state index in [0.717, 1.165) is 18.7 Å². The van der Waals surface area contributed by atoms with Gasteiger partial charge in [-0.3, -0.25) is 9.69 Å². The highest BCUT2D eigenvalue weighted by atomic mass is 35.5. The maximum Gasteiger partial charge on any atom is 0.195 e. The summed E-state index contributed by atoms with van der Waals surface area (Å²) in [5.74, 6) is 0.204. The van der Waals surface area contributed by atoms with Crippen LogP contribution in [-0.2, 0) is 6.54 Å². The van der Waals surface area contributed by atoms with Crippen molar-refractivity contribution in [2.45, 2.75) is 32.7 Å². The molecule has 0 radical (unpaired) electrons. The Bertz CT molecular complexity index is 690. The Balaban J connectivity index is 0.00000161. The average Bonchev–Trinajstić information content (AvgIpc) is 2.47. The van der Waals surface area contributed by atoms with Crippen LogP contribution in [0, 0.1) is 6.92 Å². The summed E-state index contributed by atoms with van der Waals surface area (Å²) < 4.78 is 5.59. The molecule has 3 rings (SSSR count). The minimum absolute atomic E-state index is 0. The second-order valence-corrected chi connectivity index (χ2v) is 5.52. The maximum absolute atomic E-state index is 12.1. The lowest BCUT2D eigenvalue weighted by Crippen LogP contribution is -2.29. The van der Waals surface area contributed by atoms with Gasteiger partial charge in [-0.1, -0.05) is 6.42 Å². The molecule has 1 fully saturated rings. The van der Waals surface area contributed by atoms with Crippen LogP contribution in [0.15, 0.2) is 27.6 Å². The molecular weight excluding hydrogens is 290 g/mol. The first kappa shape index (κ1) is 15.9. The lowest BCUT2D eigenvalue weighted by atomic mass is 10.1. The second kappa shape index (κ2) is 6.50. The van der Waals surface area contributed by atoms with Crippen LogP contribution in [-0.4, -0.2) is 23.1 Å². The minimum atomic E-state index is -0.0221. The van der Waals surface area contributed by atoms with E-state index in [-0.39, 0.29) is 23.6 Å². The molecule has 0 atom stereocenters. The zero-order valence-corrected chi connectivity index (χ0v) is 12.9. The lowest BCUT2D eigenvalue weighted by molar-refractivity contribution is 0.218. The maximum atomic E-state index is 12.1. The van der Waals surface area contributed by atoms with Gasteiger partial charge in [0.1, 0.15) is 11.3 Å². The first-order valence-electron chi connectivity index (χ1n) is 7.12. The molecule has 1 aromatic heterocycles. The Labute approximate surface area is 129 Å². The monoisotopic (exact) mass is 309 g/mol. The molecule has 0 amide bonds. The first-order valence-corrected chi connectivity index (χ1v) is 7.12. The number of phenols is 1. The number of rotatable bonds is 2. The summed E-state index contributed by atoms with van der Waals surface area (Å²) in [4.78, 5) is 14.4. The fourth-order valence-electron chi connectivity index (χ4n) is 2.84. The van der Waals surface area contributed by atoms with Crippen LogP contribution in [0.4, 0.5) is 0 Å². The molecule has 4 nitrogen and oxygen atoms in total. The summed E-state index contributed by atoms with van der Waals surface area (Å²) in [6.45, 7) is 4.44. The number of aromatic hydroxyl groups is 1. The normalized spacial score (nSPS) is 15.9. The molecule has 1 aromatic carbocycles. The molecule has 0 saturated carbocycles. The molecule has 21 heavy (non-hydrogen) atoms. The largest absolute Gasteiger partial charge is 0.507 e. The third kappa shape index (κ3) is 3.06. The Morgan fingerprint density at radius 1 is 1.24 bits per heavy atom. The number of fused-ring (bicyclic) bond motifs is 1. The molecule has 2 aromatic rings. The van der Waals surface area contributed by atoms with Gasteiger partial charge < -0.3 is 9.52 Å². The van der Waals surface area contributed by atoms with Crippen molar-refractivity contribution in [2.75, 3.05) is 13.1 Å². The minimum Gasteiger partial charge on any atom is -0.507 e. The van der Waals surface area contributed by atoms with Crippen molar-refractivity contribution in [3.63, 3.8) is 0 Å². The SMILES string of the molecule is Cc1coc2c(CN3CCCCC3)c(O)ccc2c1=O.Cl. The topological polar surface area (TPSA) is 53.7 Å². The zero-order chi connectivity index (χ0) is 14.1. The van der Waals surface area contributed by atoms with Crippen molar-refractivity contribution in [1.82, 2.24) is 4.90 Å². The van der Waals surface area contributed by atoms with Crippen LogP contribution in [0.3, 0.4) is 0 Å². The summed E-state index contributed by atoms with van der Waals surface area (Å²) in [6, 6.07) is 3.24. The Morgan fingerprint density at radius 3 is 2.67 bits per heavy atom. The molecule has 1 saturated heterocycles. The summed E-state index contributed by atoms with van der Waals surface area (Å²) in [5.41, 5.74) is 1.81. The standard InChI is InChI=1S/C16H19NO3.ClH/c1-11-10-20-16-12(15(11)19)5-6-14(18)13(16)9-17-7-3-2-4-8-17;/h5-6,10,18H,2-4,7-9H2,1H3;1H. The van der Waals surface area contributed by atoms with E-state index in [1.54, 1.807) is 19.1 Å². The molecule has 0 aliphatic carbocycles. The van der Waals surface area contributed by atoms with Gasteiger partial charge in [0.05, 0.1) is 17.2 Å². The van der Waals surface area contributed by atoms with Crippen molar-refractivity contribution < 1.29 is 9.52 Å². The van der Waals surface area contributed by atoms with Crippen LogP contribution < -0.4 is 5.43 Å². The summed E-state index contributed by atoms with van der Waals surface area (Å²) >= 11 is 0. The quantitative estimate of drug-likeness (QED) is 0.925. The van der Waals surface area contributed by atoms with Crippen molar-refractivity contribution >= 4 is 23.4 Å². The number of hydrogen-bond acceptors (Lipinski definition) is 4. The molecule has 0 bridgehead atoms. The highest BCUT2D eigenvalue weighted by Gasteiger charge is 2.17. The van der Waals surface area contributed by atoms with Gasteiger partial charge in [-0.05, 0) is 45.0 Å². The van der Waals surface area contributed by atoms with Gasteiger partial charge in [-0.25, -0.2) is 0 Å². The van der Waals surface area contributed by atoms with Gasteiger partial charge in [0.15, 0.2) is 5.43 Å². The molecule has 5 heteroatoms. The first-order chi connectivity index (χ1) is 9.66. The van der Waals surface area contributed by atoms with E-state index in [2.05, 4.69) is 4.90 Å². The fourth-order valence-corrected chi connectivity index (χ4v) is 2.84. The zero-order valence-electron chi connectivity index (χ0n) is 12.1. The second-order valence-electron chi connectivity index (χ2n) is 5.52. The van der Waals surface area contributed by atoms with Gasteiger partial charge in [-0.2, -0.15) is 0 Å². The van der Waals surface area contributed by atoms with Crippen LogP contribution in [0.2, 0.25) is 0 Å². The number of aryl methyl sites for hydroxylation is 1. The third-order valence-corrected chi connectivity index (χ3v) is 4.02. The summed E-state index contributed by atoms with van der Waals surface area (Å²) in [7, 11) is 0. The average molecular weight is 310 g/mol. The number of likely N-dealkylation sites (tertiary alicyclic amines) is 1. The van der Waals surface area contributed by atoms with E-state index in [1.165, 1.54) is 25.5 Å². The summed E-state index contributed by atoms with van der Waals surface area (Å²) in [6.07, 6.45) is 5.12. The number of hydrogen-bond donors (Lipinski definition) is 1. The highest BCUT2D eigenvalue weighted by Crippen LogP contribution is 2.28. The van der Waals surface area contributed by atoms with Crippen LogP contribution in [0.5, 0.6) is 5.75 Å². The molecule has 1 N–H and O–H groups in total. The molecule has 114 valence electrons. The highest BCUT2D eigenvalue weighted by molar-refractivity contribution is 5.85. The van der Waals surface area contributed by atoms with E-state index in [9.17, 15) is 9.90 Å². The third-order valence-electron chi connectivity index (χ3n) is 4.02.